The number of nitrogens with one attached hydrogen (secondary N) is 1. The maximum Gasteiger partial charge on any atom is 0.240 e. The molecule has 0 saturated carbocycles. The molecule has 7 heteroatoms. The molecule has 1 aliphatic rings. The maximum absolute atomic E-state index is 12.5. The summed E-state index contributed by atoms with van der Waals surface area (Å²) in [7, 11) is -3.66. The Hall–Kier alpha value is -2.40. The predicted molar refractivity (Wildman–Crippen MR) is 92.8 cm³/mol. The summed E-state index contributed by atoms with van der Waals surface area (Å²) in [5.74, 6) is 0. The van der Waals surface area contributed by atoms with Crippen molar-refractivity contribution in [3.05, 3.63) is 66.2 Å². The Balaban J connectivity index is 1.70. The first kappa shape index (κ1) is 17.4. The second kappa shape index (κ2) is 7.66. The van der Waals surface area contributed by atoms with E-state index in [0.29, 0.717) is 19.7 Å². The van der Waals surface area contributed by atoms with Crippen molar-refractivity contribution < 1.29 is 13.2 Å². The van der Waals surface area contributed by atoms with Crippen LogP contribution in [-0.2, 0) is 21.4 Å². The van der Waals surface area contributed by atoms with E-state index in [4.69, 9.17) is 10.00 Å². The average Bonchev–Trinajstić information content (AvgIpc) is 3.03. The summed E-state index contributed by atoms with van der Waals surface area (Å²) < 4.78 is 33.6. The fourth-order valence-corrected chi connectivity index (χ4v) is 4.06. The topological polar surface area (TPSA) is 82.4 Å². The van der Waals surface area contributed by atoms with E-state index in [1.807, 2.05) is 30.3 Å². The van der Waals surface area contributed by atoms with Crippen LogP contribution in [0.2, 0.25) is 0 Å². The van der Waals surface area contributed by atoms with Gasteiger partial charge in [-0.3, -0.25) is 0 Å². The maximum atomic E-state index is 12.5. The van der Waals surface area contributed by atoms with Gasteiger partial charge in [-0.1, -0.05) is 48.5 Å². The highest BCUT2D eigenvalue weighted by atomic mass is 32.2. The average molecular weight is 357 g/mol. The van der Waals surface area contributed by atoms with Crippen molar-refractivity contribution in [3.8, 4) is 6.19 Å². The van der Waals surface area contributed by atoms with E-state index in [1.165, 1.54) is 4.90 Å². The molecule has 1 heterocycles. The molecule has 25 heavy (non-hydrogen) atoms. The molecule has 0 aliphatic carbocycles. The van der Waals surface area contributed by atoms with Gasteiger partial charge in [-0.25, -0.2) is 13.1 Å². The molecular weight excluding hydrogens is 338 g/mol. The van der Waals surface area contributed by atoms with E-state index in [2.05, 4.69) is 10.9 Å². The number of sulfonamides is 1. The number of rotatable bonds is 6. The second-order valence-corrected chi connectivity index (χ2v) is 7.59. The first-order valence-electron chi connectivity index (χ1n) is 7.96. The lowest BCUT2D eigenvalue weighted by Crippen LogP contribution is -2.43. The van der Waals surface area contributed by atoms with Crippen LogP contribution in [0.3, 0.4) is 0 Å². The molecule has 1 N–H and O–H groups in total. The molecule has 1 aliphatic heterocycles. The zero-order chi connectivity index (χ0) is 17.7. The summed E-state index contributed by atoms with van der Waals surface area (Å²) >= 11 is 0. The Morgan fingerprint density at radius 2 is 1.72 bits per heavy atom. The summed E-state index contributed by atoms with van der Waals surface area (Å²) in [4.78, 5) is 1.71. The second-order valence-electron chi connectivity index (χ2n) is 5.88. The fraction of sp³-hybridized carbons (Fsp3) is 0.278. The molecule has 0 spiro atoms. The van der Waals surface area contributed by atoms with Crippen molar-refractivity contribution in [1.29, 1.82) is 5.26 Å². The van der Waals surface area contributed by atoms with Gasteiger partial charge in [0.15, 0.2) is 6.19 Å². The molecule has 6 nitrogen and oxygen atoms in total. The third-order valence-electron chi connectivity index (χ3n) is 4.07. The fourth-order valence-electron chi connectivity index (χ4n) is 2.78. The van der Waals surface area contributed by atoms with E-state index in [0.717, 1.165) is 5.56 Å². The smallest absolute Gasteiger partial charge is 0.240 e. The Morgan fingerprint density at radius 1 is 1.08 bits per heavy atom. The van der Waals surface area contributed by atoms with E-state index in [-0.39, 0.29) is 4.90 Å². The van der Waals surface area contributed by atoms with Gasteiger partial charge in [-0.15, -0.1) is 0 Å². The summed E-state index contributed by atoms with van der Waals surface area (Å²) in [5, 5.41) is 9.15. The van der Waals surface area contributed by atoms with Gasteiger partial charge in [-0.05, 0) is 17.7 Å². The number of nitrogens with zero attached hydrogens (tertiary/aromatic N) is 2. The molecule has 2 unspecified atom stereocenters. The first-order valence-corrected chi connectivity index (χ1v) is 9.44. The third kappa shape index (κ3) is 4.37. The van der Waals surface area contributed by atoms with Crippen LogP contribution in [0.5, 0.6) is 0 Å². The van der Waals surface area contributed by atoms with Crippen LogP contribution in [0.25, 0.3) is 0 Å². The molecule has 2 aromatic carbocycles. The standard InChI is InChI=1S/C18H19N3O3S/c19-14-21-11-17(20-25(22,23)16-9-5-2-6-10-16)18(12-21)24-13-15-7-3-1-4-8-15/h1-10,17-18,20H,11-13H2. The number of hydrogen-bond acceptors (Lipinski definition) is 5. The zero-order valence-electron chi connectivity index (χ0n) is 13.6. The summed E-state index contributed by atoms with van der Waals surface area (Å²) in [6.07, 6.45) is 1.68. The van der Waals surface area contributed by atoms with Crippen LogP contribution >= 0.6 is 0 Å². The summed E-state index contributed by atoms with van der Waals surface area (Å²) in [5.41, 5.74) is 1.00. The molecule has 0 radical (unpaired) electrons. The molecule has 130 valence electrons. The van der Waals surface area contributed by atoms with Gasteiger partial charge >= 0.3 is 0 Å². The van der Waals surface area contributed by atoms with Gasteiger partial charge in [0.25, 0.3) is 0 Å². The van der Waals surface area contributed by atoms with Crippen molar-refractivity contribution in [2.24, 2.45) is 0 Å². The van der Waals surface area contributed by atoms with Crippen molar-refractivity contribution in [3.63, 3.8) is 0 Å². The van der Waals surface area contributed by atoms with E-state index >= 15 is 0 Å². The lowest BCUT2D eigenvalue weighted by molar-refractivity contribution is 0.0383. The predicted octanol–water partition coefficient (Wildman–Crippen LogP) is 1.72. The quantitative estimate of drug-likeness (QED) is 0.796. The normalized spacial score (nSPS) is 20.4. The van der Waals surface area contributed by atoms with E-state index in [9.17, 15) is 8.42 Å². The van der Waals surface area contributed by atoms with Crippen LogP contribution in [-0.4, -0.2) is 38.6 Å². The molecule has 2 atom stereocenters. The third-order valence-corrected chi connectivity index (χ3v) is 5.58. The summed E-state index contributed by atoms with van der Waals surface area (Å²) in [6.45, 7) is 1.03. The van der Waals surface area contributed by atoms with Crippen LogP contribution in [0.1, 0.15) is 5.56 Å². The molecule has 0 aromatic heterocycles. The van der Waals surface area contributed by atoms with Crippen molar-refractivity contribution in [1.82, 2.24) is 9.62 Å². The number of ether oxygens (including phenoxy) is 1. The number of nitriles is 1. The molecule has 0 amide bonds. The molecule has 1 saturated heterocycles. The van der Waals surface area contributed by atoms with Gasteiger partial charge in [0.05, 0.1) is 30.2 Å². The van der Waals surface area contributed by atoms with Gasteiger partial charge in [-0.2, -0.15) is 5.26 Å². The van der Waals surface area contributed by atoms with Crippen molar-refractivity contribution in [2.75, 3.05) is 13.1 Å². The van der Waals surface area contributed by atoms with Crippen LogP contribution < -0.4 is 4.72 Å². The molecule has 3 rings (SSSR count). The first-order chi connectivity index (χ1) is 12.1. The van der Waals surface area contributed by atoms with E-state index < -0.39 is 22.2 Å². The summed E-state index contributed by atoms with van der Waals surface area (Å²) in [6, 6.07) is 17.4. The monoisotopic (exact) mass is 357 g/mol. The van der Waals surface area contributed by atoms with Gasteiger partial charge < -0.3 is 9.64 Å². The number of benzene rings is 2. The number of likely N-dealkylation sites (tertiary alicyclic amines) is 1. The van der Waals surface area contributed by atoms with Crippen molar-refractivity contribution in [2.45, 2.75) is 23.6 Å². The Morgan fingerprint density at radius 3 is 2.36 bits per heavy atom. The highest BCUT2D eigenvalue weighted by molar-refractivity contribution is 7.89. The molecule has 0 bridgehead atoms. The lowest BCUT2D eigenvalue weighted by Gasteiger charge is -2.20. The minimum Gasteiger partial charge on any atom is -0.370 e. The Labute approximate surface area is 147 Å². The van der Waals surface area contributed by atoms with Crippen LogP contribution in [0.15, 0.2) is 65.6 Å². The molecule has 2 aromatic rings. The van der Waals surface area contributed by atoms with Crippen LogP contribution in [0, 0.1) is 11.5 Å². The number of hydrogen-bond donors (Lipinski definition) is 1. The molecular formula is C18H19N3O3S. The SMILES string of the molecule is N#CN1CC(NS(=O)(=O)c2ccccc2)C(OCc2ccccc2)C1. The zero-order valence-corrected chi connectivity index (χ0v) is 14.4. The molecule has 1 fully saturated rings. The Kier molecular flexibility index (Phi) is 5.34. The van der Waals surface area contributed by atoms with Crippen molar-refractivity contribution >= 4 is 10.0 Å². The van der Waals surface area contributed by atoms with E-state index in [1.54, 1.807) is 30.3 Å². The largest absolute Gasteiger partial charge is 0.370 e. The van der Waals surface area contributed by atoms with Gasteiger partial charge in [0.2, 0.25) is 10.0 Å². The van der Waals surface area contributed by atoms with Gasteiger partial charge in [0.1, 0.15) is 0 Å². The minimum atomic E-state index is -3.66. The highest BCUT2D eigenvalue weighted by Gasteiger charge is 2.36. The van der Waals surface area contributed by atoms with Gasteiger partial charge in [0, 0.05) is 6.54 Å². The Bertz CT molecular complexity index is 835. The van der Waals surface area contributed by atoms with Crippen LogP contribution in [0.4, 0.5) is 0 Å². The highest BCUT2D eigenvalue weighted by Crippen LogP contribution is 2.18. The lowest BCUT2D eigenvalue weighted by atomic mass is 10.2. The minimum absolute atomic E-state index is 0.201.